The second-order valence-electron chi connectivity index (χ2n) is 2.28. The van der Waals surface area contributed by atoms with Gasteiger partial charge in [0.15, 0.2) is 0 Å². The summed E-state index contributed by atoms with van der Waals surface area (Å²) in [4.78, 5) is 0. The van der Waals surface area contributed by atoms with E-state index in [0.29, 0.717) is 0 Å². The average molecular weight is 176 g/mol. The lowest BCUT2D eigenvalue weighted by atomic mass is 10.1. The summed E-state index contributed by atoms with van der Waals surface area (Å²) >= 11 is 0. The van der Waals surface area contributed by atoms with E-state index in [9.17, 15) is 13.2 Å². The standard InChI is InChI=1S/C8H7F3O/c1-5-4-6(9)2-3-7(5)12-8(10)11/h2-4,7-8H,1H2. The first-order valence-corrected chi connectivity index (χ1v) is 3.27. The minimum Gasteiger partial charge on any atom is -0.311 e. The highest BCUT2D eigenvalue weighted by molar-refractivity contribution is 5.35. The molecule has 0 amide bonds. The summed E-state index contributed by atoms with van der Waals surface area (Å²) in [5, 5.41) is 0. The van der Waals surface area contributed by atoms with Crippen LogP contribution in [0.1, 0.15) is 0 Å². The first kappa shape index (κ1) is 9.06. The molecule has 0 bridgehead atoms. The number of hydrogen-bond donors (Lipinski definition) is 0. The lowest BCUT2D eigenvalue weighted by Crippen LogP contribution is -2.16. The van der Waals surface area contributed by atoms with Gasteiger partial charge >= 0.3 is 6.61 Å². The number of ether oxygens (including phenoxy) is 1. The van der Waals surface area contributed by atoms with Crippen molar-refractivity contribution in [1.82, 2.24) is 0 Å². The van der Waals surface area contributed by atoms with Crippen molar-refractivity contribution in [3.05, 3.63) is 36.2 Å². The Bertz CT molecular complexity index is 243. The second-order valence-corrected chi connectivity index (χ2v) is 2.28. The topological polar surface area (TPSA) is 9.23 Å². The van der Waals surface area contributed by atoms with Crippen LogP contribution >= 0.6 is 0 Å². The third-order valence-corrected chi connectivity index (χ3v) is 1.37. The molecule has 0 aromatic carbocycles. The van der Waals surface area contributed by atoms with E-state index < -0.39 is 18.5 Å². The third kappa shape index (κ3) is 2.23. The van der Waals surface area contributed by atoms with Gasteiger partial charge in [-0.3, -0.25) is 0 Å². The summed E-state index contributed by atoms with van der Waals surface area (Å²) in [6, 6.07) is 0. The fourth-order valence-electron chi connectivity index (χ4n) is 0.854. The summed E-state index contributed by atoms with van der Waals surface area (Å²) in [5.74, 6) is -0.505. The lowest BCUT2D eigenvalue weighted by Gasteiger charge is -2.16. The SMILES string of the molecule is C=C1C=C(F)C=CC1OC(F)F. The predicted molar refractivity (Wildman–Crippen MR) is 38.3 cm³/mol. The van der Waals surface area contributed by atoms with Crippen LogP contribution in [0, 0.1) is 0 Å². The Morgan fingerprint density at radius 2 is 2.17 bits per heavy atom. The Morgan fingerprint density at radius 3 is 2.67 bits per heavy atom. The van der Waals surface area contributed by atoms with E-state index in [0.717, 1.165) is 12.2 Å². The molecule has 12 heavy (non-hydrogen) atoms. The van der Waals surface area contributed by atoms with Crippen molar-refractivity contribution in [3.8, 4) is 0 Å². The molecule has 0 fully saturated rings. The largest absolute Gasteiger partial charge is 0.346 e. The molecule has 1 atom stereocenters. The number of alkyl halides is 2. The van der Waals surface area contributed by atoms with Crippen LogP contribution in [0.15, 0.2) is 36.2 Å². The van der Waals surface area contributed by atoms with Gasteiger partial charge in [0.05, 0.1) is 0 Å². The molecular weight excluding hydrogens is 169 g/mol. The fraction of sp³-hybridized carbons (Fsp3) is 0.250. The summed E-state index contributed by atoms with van der Waals surface area (Å²) in [7, 11) is 0. The van der Waals surface area contributed by atoms with Gasteiger partial charge in [-0.15, -0.1) is 0 Å². The molecule has 0 N–H and O–H groups in total. The van der Waals surface area contributed by atoms with Crippen molar-refractivity contribution in [2.45, 2.75) is 12.7 Å². The molecule has 0 saturated carbocycles. The van der Waals surface area contributed by atoms with Gasteiger partial charge in [-0.25, -0.2) is 4.39 Å². The van der Waals surface area contributed by atoms with Crippen molar-refractivity contribution in [3.63, 3.8) is 0 Å². The summed E-state index contributed by atoms with van der Waals surface area (Å²) in [6.45, 7) is 0.504. The van der Waals surface area contributed by atoms with Gasteiger partial charge in [0.1, 0.15) is 11.9 Å². The smallest absolute Gasteiger partial charge is 0.311 e. The monoisotopic (exact) mass is 176 g/mol. The maximum atomic E-state index is 12.4. The molecule has 0 spiro atoms. The van der Waals surface area contributed by atoms with Gasteiger partial charge in [0, 0.05) is 0 Å². The Kier molecular flexibility index (Phi) is 2.70. The van der Waals surface area contributed by atoms with E-state index in [1.54, 1.807) is 0 Å². The van der Waals surface area contributed by atoms with Gasteiger partial charge in [-0.05, 0) is 23.8 Å². The van der Waals surface area contributed by atoms with Gasteiger partial charge in [0.2, 0.25) is 0 Å². The lowest BCUT2D eigenvalue weighted by molar-refractivity contribution is -0.140. The summed E-state index contributed by atoms with van der Waals surface area (Å²) in [6.07, 6.45) is 2.42. The molecule has 1 aliphatic carbocycles. The average Bonchev–Trinajstić information content (AvgIpc) is 1.94. The maximum Gasteiger partial charge on any atom is 0.346 e. The molecular formula is C8H7F3O. The van der Waals surface area contributed by atoms with Gasteiger partial charge < -0.3 is 4.74 Å². The zero-order chi connectivity index (χ0) is 9.14. The van der Waals surface area contributed by atoms with Crippen LogP contribution in [0.25, 0.3) is 0 Å². The molecule has 0 aromatic heterocycles. The molecule has 4 heteroatoms. The molecule has 0 aromatic rings. The summed E-state index contributed by atoms with van der Waals surface area (Å²) < 4.78 is 39.9. The molecule has 1 rings (SSSR count). The van der Waals surface area contributed by atoms with E-state index in [4.69, 9.17) is 0 Å². The van der Waals surface area contributed by atoms with Gasteiger partial charge in [0.25, 0.3) is 0 Å². The van der Waals surface area contributed by atoms with Crippen molar-refractivity contribution >= 4 is 0 Å². The van der Waals surface area contributed by atoms with Crippen molar-refractivity contribution in [1.29, 1.82) is 0 Å². The Labute approximate surface area is 67.8 Å². The molecule has 0 radical (unpaired) electrons. The first-order chi connectivity index (χ1) is 5.59. The predicted octanol–water partition coefficient (Wildman–Crippen LogP) is 2.57. The molecule has 1 unspecified atom stereocenters. The minimum absolute atomic E-state index is 0.190. The number of hydrogen-bond acceptors (Lipinski definition) is 1. The van der Waals surface area contributed by atoms with Gasteiger partial charge in [-0.2, -0.15) is 8.78 Å². The normalized spacial score (nSPS) is 23.2. The van der Waals surface area contributed by atoms with E-state index in [1.165, 1.54) is 6.08 Å². The second kappa shape index (κ2) is 3.58. The van der Waals surface area contributed by atoms with E-state index in [2.05, 4.69) is 11.3 Å². The third-order valence-electron chi connectivity index (χ3n) is 1.37. The van der Waals surface area contributed by atoms with Crippen LogP contribution in [-0.4, -0.2) is 12.7 Å². The van der Waals surface area contributed by atoms with Crippen LogP contribution in [0.3, 0.4) is 0 Å². The summed E-state index contributed by atoms with van der Waals surface area (Å²) in [5.41, 5.74) is 0.190. The van der Waals surface area contributed by atoms with Crippen LogP contribution in [0.5, 0.6) is 0 Å². The number of allylic oxidation sites excluding steroid dienone is 2. The number of halogens is 3. The zero-order valence-corrected chi connectivity index (χ0v) is 6.14. The van der Waals surface area contributed by atoms with Crippen LogP contribution in [0.4, 0.5) is 13.2 Å². The van der Waals surface area contributed by atoms with Gasteiger partial charge in [-0.1, -0.05) is 6.58 Å². The van der Waals surface area contributed by atoms with E-state index in [-0.39, 0.29) is 5.57 Å². The molecule has 0 aliphatic heterocycles. The Balaban J connectivity index is 2.60. The quantitative estimate of drug-likeness (QED) is 0.628. The van der Waals surface area contributed by atoms with Crippen LogP contribution < -0.4 is 0 Å². The Hall–Kier alpha value is -1.03. The van der Waals surface area contributed by atoms with Crippen molar-refractivity contribution in [2.75, 3.05) is 0 Å². The first-order valence-electron chi connectivity index (χ1n) is 3.27. The molecule has 0 heterocycles. The number of rotatable bonds is 2. The fourth-order valence-corrected chi connectivity index (χ4v) is 0.854. The zero-order valence-electron chi connectivity index (χ0n) is 6.14. The highest BCUT2D eigenvalue weighted by atomic mass is 19.3. The highest BCUT2D eigenvalue weighted by Gasteiger charge is 2.17. The molecule has 0 saturated heterocycles. The van der Waals surface area contributed by atoms with Crippen LogP contribution in [0.2, 0.25) is 0 Å². The molecule has 66 valence electrons. The Morgan fingerprint density at radius 1 is 1.50 bits per heavy atom. The molecule has 1 aliphatic rings. The highest BCUT2D eigenvalue weighted by Crippen LogP contribution is 2.20. The minimum atomic E-state index is -2.87. The molecule has 1 nitrogen and oxygen atoms in total. The van der Waals surface area contributed by atoms with Crippen LogP contribution in [-0.2, 0) is 4.74 Å². The maximum absolute atomic E-state index is 12.4. The van der Waals surface area contributed by atoms with Crippen molar-refractivity contribution < 1.29 is 17.9 Å². The van der Waals surface area contributed by atoms with Crippen molar-refractivity contribution in [2.24, 2.45) is 0 Å². The van der Waals surface area contributed by atoms with E-state index in [1.807, 2.05) is 0 Å². The van der Waals surface area contributed by atoms with E-state index >= 15 is 0 Å².